The van der Waals surface area contributed by atoms with Crippen molar-refractivity contribution in [3.63, 3.8) is 0 Å². The first-order chi connectivity index (χ1) is 17.6. The Kier molecular flexibility index (Phi) is 7.87. The van der Waals surface area contributed by atoms with Crippen molar-refractivity contribution in [3.8, 4) is 22.9 Å². The molecule has 3 unspecified atom stereocenters. The van der Waals surface area contributed by atoms with Gasteiger partial charge in [-0.3, -0.25) is 9.78 Å². The van der Waals surface area contributed by atoms with Crippen LogP contribution in [0.5, 0.6) is 17.2 Å². The van der Waals surface area contributed by atoms with Gasteiger partial charge in [-0.2, -0.15) is 9.78 Å². The van der Waals surface area contributed by atoms with Gasteiger partial charge in [0, 0.05) is 0 Å². The summed E-state index contributed by atoms with van der Waals surface area (Å²) in [7, 11) is 1.59. The SMILES string of the molecule is COc1ccc(Oc2c(C)cc(-n3nc(C(=O)OC4CC(C)CCC4C)c(=O)[nH]c3=O)cc2C)cc1Br. The van der Waals surface area contributed by atoms with Crippen molar-refractivity contribution in [3.05, 3.63) is 72.5 Å². The van der Waals surface area contributed by atoms with Crippen molar-refractivity contribution < 1.29 is 19.0 Å². The number of H-pyrrole nitrogens is 1. The maximum atomic E-state index is 12.9. The summed E-state index contributed by atoms with van der Waals surface area (Å²) < 4.78 is 18.8. The lowest BCUT2D eigenvalue weighted by Gasteiger charge is -2.31. The van der Waals surface area contributed by atoms with E-state index in [2.05, 4.69) is 32.9 Å². The smallest absolute Gasteiger partial charge is 0.364 e. The number of aromatic amines is 1. The first-order valence-corrected chi connectivity index (χ1v) is 12.9. The van der Waals surface area contributed by atoms with Crippen molar-refractivity contribution in [1.29, 1.82) is 0 Å². The number of carbonyl (C=O) groups excluding carboxylic acids is 1. The Bertz CT molecular complexity index is 1420. The van der Waals surface area contributed by atoms with E-state index in [1.807, 2.05) is 20.8 Å². The molecule has 1 aliphatic rings. The number of halogens is 1. The third-order valence-corrected chi connectivity index (χ3v) is 7.32. The third kappa shape index (κ3) is 5.79. The summed E-state index contributed by atoms with van der Waals surface area (Å²) in [6.45, 7) is 7.82. The van der Waals surface area contributed by atoms with E-state index < -0.39 is 22.9 Å². The van der Waals surface area contributed by atoms with E-state index in [1.165, 1.54) is 0 Å². The molecule has 1 heterocycles. The molecule has 0 saturated heterocycles. The number of esters is 1. The van der Waals surface area contributed by atoms with Gasteiger partial charge < -0.3 is 14.2 Å². The molecule has 3 aromatic rings. The number of hydrogen-bond acceptors (Lipinski definition) is 7. The lowest BCUT2D eigenvalue weighted by molar-refractivity contribution is -0.00404. The summed E-state index contributed by atoms with van der Waals surface area (Å²) in [5, 5.41) is 4.10. The summed E-state index contributed by atoms with van der Waals surface area (Å²) in [5.74, 6) is 1.68. The van der Waals surface area contributed by atoms with Crippen LogP contribution < -0.4 is 20.7 Å². The molecule has 1 saturated carbocycles. The maximum Gasteiger partial charge on any atom is 0.364 e. The molecule has 0 spiro atoms. The molecular weight excluding hydrogens is 542 g/mol. The van der Waals surface area contributed by atoms with Crippen LogP contribution >= 0.6 is 15.9 Å². The minimum atomic E-state index is -0.874. The molecule has 0 radical (unpaired) electrons. The quantitative estimate of drug-likeness (QED) is 0.410. The fourth-order valence-corrected chi connectivity index (χ4v) is 5.11. The standard InChI is InChI=1S/C27H30BrN3O6/c1-14-6-7-15(2)22(10-14)37-26(33)23-25(32)29-27(34)31(30-23)18-11-16(3)24(17(4)12-18)36-19-8-9-21(35-5)20(28)13-19/h8-9,11-15,22H,6-7,10H2,1-5H3,(H,29,32,34). The van der Waals surface area contributed by atoms with Crippen LogP contribution in [0.25, 0.3) is 5.69 Å². The number of rotatable bonds is 6. The molecule has 0 amide bonds. The molecule has 196 valence electrons. The van der Waals surface area contributed by atoms with Crippen molar-refractivity contribution in [2.24, 2.45) is 11.8 Å². The van der Waals surface area contributed by atoms with Crippen molar-refractivity contribution in [2.45, 2.75) is 53.1 Å². The zero-order chi connectivity index (χ0) is 26.9. The van der Waals surface area contributed by atoms with E-state index in [9.17, 15) is 14.4 Å². The molecule has 3 atom stereocenters. The number of aromatic nitrogens is 3. The Hall–Kier alpha value is -3.40. The van der Waals surface area contributed by atoms with Crippen LogP contribution in [0.15, 0.2) is 44.4 Å². The van der Waals surface area contributed by atoms with Gasteiger partial charge in [-0.1, -0.05) is 20.3 Å². The Balaban J connectivity index is 1.63. The highest BCUT2D eigenvalue weighted by molar-refractivity contribution is 9.10. The summed E-state index contributed by atoms with van der Waals surface area (Å²) in [5.41, 5.74) is -0.238. The number of methoxy groups -OCH3 is 1. The first-order valence-electron chi connectivity index (χ1n) is 12.1. The van der Waals surface area contributed by atoms with Crippen LogP contribution in [0.1, 0.15) is 54.7 Å². The number of nitrogens with zero attached hydrogens (tertiary/aromatic N) is 2. The molecule has 0 bridgehead atoms. The highest BCUT2D eigenvalue weighted by Gasteiger charge is 2.30. The Labute approximate surface area is 222 Å². The summed E-state index contributed by atoms with van der Waals surface area (Å²) in [6.07, 6.45) is 2.46. The zero-order valence-corrected chi connectivity index (χ0v) is 23.0. The van der Waals surface area contributed by atoms with E-state index in [4.69, 9.17) is 14.2 Å². The maximum absolute atomic E-state index is 12.9. The van der Waals surface area contributed by atoms with Crippen LogP contribution in [-0.2, 0) is 4.74 Å². The Morgan fingerprint density at radius 1 is 1.11 bits per heavy atom. The van der Waals surface area contributed by atoms with Gasteiger partial charge in [-0.15, -0.1) is 0 Å². The van der Waals surface area contributed by atoms with E-state index in [0.717, 1.165) is 39.5 Å². The van der Waals surface area contributed by atoms with Gasteiger partial charge in [-0.05, 0) is 95.9 Å². The predicted molar refractivity (Wildman–Crippen MR) is 142 cm³/mol. The molecule has 1 N–H and O–H groups in total. The van der Waals surface area contributed by atoms with Crippen molar-refractivity contribution >= 4 is 21.9 Å². The van der Waals surface area contributed by atoms with E-state index in [0.29, 0.717) is 28.9 Å². The van der Waals surface area contributed by atoms with Gasteiger partial charge in [0.25, 0.3) is 5.56 Å². The molecular formula is C27H30BrN3O6. The predicted octanol–water partition coefficient (Wildman–Crippen LogP) is 5.08. The van der Waals surface area contributed by atoms with Gasteiger partial charge in [-0.25, -0.2) is 9.59 Å². The fraction of sp³-hybridized carbons (Fsp3) is 0.407. The second kappa shape index (κ2) is 10.9. The normalized spacial score (nSPS) is 19.4. The van der Waals surface area contributed by atoms with Crippen molar-refractivity contribution in [1.82, 2.24) is 14.8 Å². The number of carbonyl (C=O) groups is 1. The Morgan fingerprint density at radius 2 is 1.81 bits per heavy atom. The molecule has 1 aromatic heterocycles. The van der Waals surface area contributed by atoms with Gasteiger partial charge in [0.15, 0.2) is 0 Å². The van der Waals surface area contributed by atoms with Crippen LogP contribution in [-0.4, -0.2) is 33.9 Å². The van der Waals surface area contributed by atoms with Crippen LogP contribution in [0.4, 0.5) is 0 Å². The average Bonchev–Trinajstić information content (AvgIpc) is 2.83. The molecule has 4 rings (SSSR count). The topological polar surface area (TPSA) is 113 Å². The average molecular weight is 572 g/mol. The largest absolute Gasteiger partial charge is 0.496 e. The second-order valence-electron chi connectivity index (χ2n) is 9.67. The molecule has 0 aliphatic heterocycles. The summed E-state index contributed by atoms with van der Waals surface area (Å²) >= 11 is 3.45. The number of ether oxygens (including phenoxy) is 3. The minimum Gasteiger partial charge on any atom is -0.496 e. The zero-order valence-electron chi connectivity index (χ0n) is 21.5. The monoisotopic (exact) mass is 571 g/mol. The van der Waals surface area contributed by atoms with Gasteiger partial charge in [0.2, 0.25) is 5.69 Å². The molecule has 1 fully saturated rings. The number of hydrogen-bond donors (Lipinski definition) is 1. The number of nitrogens with one attached hydrogen (secondary N) is 1. The molecule has 37 heavy (non-hydrogen) atoms. The van der Waals surface area contributed by atoms with E-state index in [1.54, 1.807) is 37.4 Å². The molecule has 10 heteroatoms. The molecule has 2 aromatic carbocycles. The highest BCUT2D eigenvalue weighted by Crippen LogP contribution is 2.35. The number of aryl methyl sites for hydroxylation is 2. The molecule has 9 nitrogen and oxygen atoms in total. The van der Waals surface area contributed by atoms with Crippen LogP contribution in [0.2, 0.25) is 0 Å². The number of benzene rings is 2. The van der Waals surface area contributed by atoms with Crippen molar-refractivity contribution in [2.75, 3.05) is 7.11 Å². The highest BCUT2D eigenvalue weighted by atomic mass is 79.9. The first kappa shape index (κ1) is 26.7. The van der Waals surface area contributed by atoms with Gasteiger partial charge in [0.05, 0.1) is 17.3 Å². The van der Waals surface area contributed by atoms with Gasteiger partial charge in [0.1, 0.15) is 23.4 Å². The lowest BCUT2D eigenvalue weighted by atomic mass is 9.82. The Morgan fingerprint density at radius 3 is 2.46 bits per heavy atom. The van der Waals surface area contributed by atoms with Gasteiger partial charge >= 0.3 is 11.7 Å². The second-order valence-corrected chi connectivity index (χ2v) is 10.5. The van der Waals surface area contributed by atoms with Crippen LogP contribution in [0, 0.1) is 25.7 Å². The lowest BCUT2D eigenvalue weighted by Crippen LogP contribution is -2.38. The minimum absolute atomic E-state index is 0.189. The molecule has 1 aliphatic carbocycles. The summed E-state index contributed by atoms with van der Waals surface area (Å²) in [4.78, 5) is 40.2. The van der Waals surface area contributed by atoms with E-state index in [-0.39, 0.29) is 12.0 Å². The third-order valence-electron chi connectivity index (χ3n) is 6.70. The summed E-state index contributed by atoms with van der Waals surface area (Å²) in [6, 6.07) is 8.78. The van der Waals surface area contributed by atoms with Crippen LogP contribution in [0.3, 0.4) is 0 Å². The van der Waals surface area contributed by atoms with E-state index >= 15 is 0 Å². The fourth-order valence-electron chi connectivity index (χ4n) is 4.59.